The number of carbonyl (C=O) groups excluding carboxylic acids is 2. The first kappa shape index (κ1) is 28.4. The largest absolute Gasteiger partial charge is 0.508 e. The van der Waals surface area contributed by atoms with Gasteiger partial charge in [-0.2, -0.15) is 5.26 Å². The monoisotopic (exact) mass is 538 g/mol. The van der Waals surface area contributed by atoms with Crippen LogP contribution in [0.4, 0.5) is 0 Å². The lowest BCUT2D eigenvalue weighted by Gasteiger charge is -2.32. The number of allylic oxidation sites excluding steroid dienone is 5. The average Bonchev–Trinajstić information content (AvgIpc) is 2.95. The number of ketones is 1. The second-order valence-electron chi connectivity index (χ2n) is 10.1. The molecule has 1 atom stereocenters. The Morgan fingerprint density at radius 3 is 2.65 bits per heavy atom. The molecule has 0 saturated carbocycles. The summed E-state index contributed by atoms with van der Waals surface area (Å²) in [5.74, 6) is 0.734. The first-order valence-corrected chi connectivity index (χ1v) is 13.4. The van der Waals surface area contributed by atoms with Crippen molar-refractivity contribution in [1.82, 2.24) is 5.32 Å². The number of hydrogen-bond acceptors (Lipinski definition) is 7. The van der Waals surface area contributed by atoms with Gasteiger partial charge in [0, 0.05) is 46.9 Å². The number of phenols is 1. The predicted octanol–water partition coefficient (Wildman–Crippen LogP) is 6.08. The summed E-state index contributed by atoms with van der Waals surface area (Å²) in [6.45, 7) is 3.84. The summed E-state index contributed by atoms with van der Waals surface area (Å²) in [6.07, 6.45) is 6.65. The highest BCUT2D eigenvalue weighted by Crippen LogP contribution is 2.41. The highest BCUT2D eigenvalue weighted by Gasteiger charge is 2.34. The van der Waals surface area contributed by atoms with Gasteiger partial charge in [0.1, 0.15) is 18.1 Å². The van der Waals surface area contributed by atoms with E-state index in [1.54, 1.807) is 19.2 Å². The lowest BCUT2D eigenvalue weighted by atomic mass is 9.78. The van der Waals surface area contributed by atoms with Crippen LogP contribution in [0.2, 0.25) is 0 Å². The van der Waals surface area contributed by atoms with Crippen molar-refractivity contribution in [1.29, 1.82) is 5.26 Å². The highest BCUT2D eigenvalue weighted by molar-refractivity contribution is 6.01. The lowest BCUT2D eigenvalue weighted by molar-refractivity contribution is -0.138. The number of nitrogens with zero attached hydrogens (tertiary/aromatic N) is 1. The molecule has 7 nitrogen and oxygen atoms in total. The number of aryl methyl sites for hydroxylation is 1. The Kier molecular flexibility index (Phi) is 9.23. The van der Waals surface area contributed by atoms with Crippen molar-refractivity contribution in [2.75, 3.05) is 13.7 Å². The number of nitriles is 1. The number of carbonyl (C=O) groups is 2. The van der Waals surface area contributed by atoms with Gasteiger partial charge in [-0.25, -0.2) is 4.79 Å². The molecule has 0 bridgehead atoms. The Balaban J connectivity index is 0.000000398. The molecule has 3 aliphatic rings. The highest BCUT2D eigenvalue weighted by atomic mass is 16.5. The van der Waals surface area contributed by atoms with Crippen LogP contribution in [-0.2, 0) is 14.3 Å². The Bertz CT molecular complexity index is 1450. The van der Waals surface area contributed by atoms with Gasteiger partial charge in [-0.3, -0.25) is 4.79 Å². The fraction of sp³-hybridized carbons (Fsp3) is 0.303. The first-order valence-electron chi connectivity index (χ1n) is 13.4. The molecule has 206 valence electrons. The molecule has 0 saturated heterocycles. The van der Waals surface area contributed by atoms with Crippen molar-refractivity contribution in [2.24, 2.45) is 0 Å². The van der Waals surface area contributed by atoms with E-state index in [-0.39, 0.29) is 24.7 Å². The number of dihydropyridines is 1. The van der Waals surface area contributed by atoms with Crippen LogP contribution in [0, 0.1) is 18.3 Å². The minimum Gasteiger partial charge on any atom is -0.508 e. The van der Waals surface area contributed by atoms with Gasteiger partial charge in [-0.05, 0) is 62.4 Å². The average molecular weight is 539 g/mol. The number of para-hydroxylation sites is 1. The number of Topliss-reactive ketones (excluding diaryl/α,β-unsaturated/α-hetero) is 1. The van der Waals surface area contributed by atoms with E-state index in [2.05, 4.69) is 11.4 Å². The van der Waals surface area contributed by atoms with Crippen molar-refractivity contribution in [3.63, 3.8) is 0 Å². The Labute approximate surface area is 235 Å². The van der Waals surface area contributed by atoms with Crippen LogP contribution in [0.25, 0.3) is 0 Å². The van der Waals surface area contributed by atoms with E-state index >= 15 is 0 Å². The molecule has 0 fully saturated rings. The van der Waals surface area contributed by atoms with Crippen LogP contribution in [0.1, 0.15) is 56.1 Å². The van der Waals surface area contributed by atoms with Crippen LogP contribution >= 0.6 is 0 Å². The van der Waals surface area contributed by atoms with E-state index in [1.807, 2.05) is 62.4 Å². The molecule has 0 aromatic heterocycles. The predicted molar refractivity (Wildman–Crippen MR) is 152 cm³/mol. The molecule has 40 heavy (non-hydrogen) atoms. The summed E-state index contributed by atoms with van der Waals surface area (Å²) in [6, 6.07) is 17.1. The molecule has 7 heteroatoms. The smallest absolute Gasteiger partial charge is 0.336 e. The van der Waals surface area contributed by atoms with E-state index in [9.17, 15) is 14.9 Å². The Morgan fingerprint density at radius 1 is 1.15 bits per heavy atom. The second-order valence-corrected chi connectivity index (χ2v) is 10.1. The summed E-state index contributed by atoms with van der Waals surface area (Å²) in [5.41, 5.74) is 6.20. The number of phenolic OH excluding ortho intramolecular Hbond substituents is 1. The van der Waals surface area contributed by atoms with Gasteiger partial charge < -0.3 is 19.9 Å². The van der Waals surface area contributed by atoms with Gasteiger partial charge >= 0.3 is 5.97 Å². The van der Waals surface area contributed by atoms with Crippen molar-refractivity contribution >= 4 is 11.8 Å². The Morgan fingerprint density at radius 2 is 1.95 bits per heavy atom. The lowest BCUT2D eigenvalue weighted by Crippen LogP contribution is -2.31. The minimum atomic E-state index is -0.454. The maximum absolute atomic E-state index is 13.0. The van der Waals surface area contributed by atoms with Gasteiger partial charge in [0.2, 0.25) is 0 Å². The van der Waals surface area contributed by atoms with Crippen LogP contribution in [0.5, 0.6) is 11.5 Å². The van der Waals surface area contributed by atoms with Gasteiger partial charge in [0.15, 0.2) is 5.78 Å². The van der Waals surface area contributed by atoms with E-state index < -0.39 is 5.97 Å². The number of methoxy groups -OCH3 is 1. The normalized spacial score (nSPS) is 18.2. The molecule has 1 heterocycles. The van der Waals surface area contributed by atoms with Crippen LogP contribution in [0.3, 0.4) is 0 Å². The fourth-order valence-electron chi connectivity index (χ4n) is 5.18. The standard InChI is InChI=1S/C26H26N2O4.C7H8O/c1-16-21(26(30)32-15-18-8-4-3-7-17(18)14-27)13-22-23(28-16)11-19(12-24(22)29)20-9-5-6-10-25(20)31-2;1-6-3-2-4-7(8)5-6/h4-6,8-10,19,28H,3,7,11-13,15H2,1-2H3;2-5,8H,1H3/t19-;/m1./s1. The topological polar surface area (TPSA) is 109 Å². The number of nitrogens with one attached hydrogen (secondary N) is 1. The number of hydrogen-bond donors (Lipinski definition) is 2. The second kappa shape index (κ2) is 13.0. The Hall–Kier alpha value is -4.57. The third kappa shape index (κ3) is 6.70. The summed E-state index contributed by atoms with van der Waals surface area (Å²) in [7, 11) is 1.64. The van der Waals surface area contributed by atoms with Gasteiger partial charge in [-0.15, -0.1) is 0 Å². The van der Waals surface area contributed by atoms with Gasteiger partial charge in [0.25, 0.3) is 0 Å². The molecule has 2 N–H and O–H groups in total. The quantitative estimate of drug-likeness (QED) is 0.444. The first-order chi connectivity index (χ1) is 19.3. The number of rotatable bonds is 5. The maximum atomic E-state index is 13.0. The number of benzene rings is 2. The van der Waals surface area contributed by atoms with Crippen LogP contribution in [-0.4, -0.2) is 30.6 Å². The molecular weight excluding hydrogens is 504 g/mol. The number of esters is 1. The fourth-order valence-corrected chi connectivity index (χ4v) is 5.18. The maximum Gasteiger partial charge on any atom is 0.336 e. The van der Waals surface area contributed by atoms with E-state index in [0.29, 0.717) is 47.4 Å². The number of ether oxygens (including phenoxy) is 2. The zero-order chi connectivity index (χ0) is 28.6. The molecule has 2 aliphatic carbocycles. The molecule has 0 spiro atoms. The molecular formula is C33H34N2O5. The summed E-state index contributed by atoms with van der Waals surface area (Å²) in [4.78, 5) is 25.8. The third-order valence-electron chi connectivity index (χ3n) is 7.32. The molecule has 1 aliphatic heterocycles. The van der Waals surface area contributed by atoms with Crippen LogP contribution < -0.4 is 10.1 Å². The summed E-state index contributed by atoms with van der Waals surface area (Å²) >= 11 is 0. The van der Waals surface area contributed by atoms with E-state index in [0.717, 1.165) is 34.6 Å². The van der Waals surface area contributed by atoms with Crippen molar-refractivity contribution in [3.8, 4) is 17.6 Å². The van der Waals surface area contributed by atoms with Crippen molar-refractivity contribution in [2.45, 2.75) is 51.9 Å². The molecule has 0 unspecified atom stereocenters. The van der Waals surface area contributed by atoms with Crippen molar-refractivity contribution < 1.29 is 24.2 Å². The summed E-state index contributed by atoms with van der Waals surface area (Å²) < 4.78 is 11.0. The van der Waals surface area contributed by atoms with Gasteiger partial charge in [0.05, 0.1) is 18.8 Å². The third-order valence-corrected chi connectivity index (χ3v) is 7.32. The van der Waals surface area contributed by atoms with Gasteiger partial charge in [-0.1, -0.05) is 42.5 Å². The molecule has 0 radical (unpaired) electrons. The minimum absolute atomic E-state index is 0.0284. The number of aromatic hydroxyl groups is 1. The molecule has 2 aromatic rings. The van der Waals surface area contributed by atoms with E-state index in [1.165, 1.54) is 0 Å². The zero-order valence-electron chi connectivity index (χ0n) is 23.1. The zero-order valence-corrected chi connectivity index (χ0v) is 23.1. The molecule has 2 aromatic carbocycles. The molecule has 0 amide bonds. The van der Waals surface area contributed by atoms with Crippen molar-refractivity contribution in [3.05, 3.63) is 105 Å². The SMILES string of the molecule is COc1ccccc1[C@H]1CC(=O)C2=C(C1)NC(C)=C(C(=O)OCC1=C(C#N)CCC=C1)C2.Cc1cccc(O)c1. The van der Waals surface area contributed by atoms with Crippen LogP contribution in [0.15, 0.2) is 94.4 Å². The summed E-state index contributed by atoms with van der Waals surface area (Å²) in [5, 5.41) is 21.4. The van der Waals surface area contributed by atoms with E-state index in [4.69, 9.17) is 14.6 Å². The molecule has 5 rings (SSSR count).